The first-order valence-corrected chi connectivity index (χ1v) is 11.8. The molecule has 1 amide bonds. The summed E-state index contributed by atoms with van der Waals surface area (Å²) in [6.45, 7) is 6.61. The zero-order chi connectivity index (χ0) is 23.8. The summed E-state index contributed by atoms with van der Waals surface area (Å²) < 4.78 is 18.2. The van der Waals surface area contributed by atoms with E-state index in [-0.39, 0.29) is 18.4 Å². The molecule has 0 unspecified atom stereocenters. The van der Waals surface area contributed by atoms with Gasteiger partial charge in [0.1, 0.15) is 5.75 Å². The number of nitrogens with zero attached hydrogens (tertiary/aromatic N) is 2. The van der Waals surface area contributed by atoms with Crippen molar-refractivity contribution in [3.8, 4) is 5.75 Å². The lowest BCUT2D eigenvalue weighted by Gasteiger charge is -2.15. The Bertz CT molecular complexity index is 975. The van der Waals surface area contributed by atoms with Gasteiger partial charge in [-0.1, -0.05) is 25.4 Å². The number of halogens is 1. The molecule has 1 aliphatic heterocycles. The van der Waals surface area contributed by atoms with Crippen molar-refractivity contribution < 1.29 is 23.8 Å². The van der Waals surface area contributed by atoms with Gasteiger partial charge in [-0.05, 0) is 43.9 Å². The number of aromatic nitrogens is 2. The van der Waals surface area contributed by atoms with Crippen molar-refractivity contribution in [2.45, 2.75) is 46.1 Å². The van der Waals surface area contributed by atoms with Crippen LogP contribution in [0.15, 0.2) is 18.2 Å². The highest BCUT2D eigenvalue weighted by atomic mass is 35.5. The maximum atomic E-state index is 12.9. The number of benzene rings is 1. The van der Waals surface area contributed by atoms with Gasteiger partial charge in [0.2, 0.25) is 0 Å². The number of esters is 1. The Kier molecular flexibility index (Phi) is 9.14. The predicted octanol–water partition coefficient (Wildman–Crippen LogP) is 3.68. The van der Waals surface area contributed by atoms with Crippen LogP contribution in [0.4, 0.5) is 0 Å². The van der Waals surface area contributed by atoms with Gasteiger partial charge in [-0.2, -0.15) is 5.10 Å². The first-order chi connectivity index (χ1) is 15.9. The molecule has 1 aromatic carbocycles. The Morgan fingerprint density at radius 1 is 1.33 bits per heavy atom. The van der Waals surface area contributed by atoms with E-state index in [1.807, 2.05) is 18.5 Å². The summed E-state index contributed by atoms with van der Waals surface area (Å²) in [6, 6.07) is 4.79. The van der Waals surface area contributed by atoms with Crippen LogP contribution in [0, 0.1) is 5.92 Å². The smallest absolute Gasteiger partial charge is 0.338 e. The van der Waals surface area contributed by atoms with E-state index in [4.69, 9.17) is 30.9 Å². The number of rotatable bonds is 7. The third kappa shape index (κ3) is 6.48. The van der Waals surface area contributed by atoms with Crippen molar-refractivity contribution in [1.29, 1.82) is 0 Å². The molecule has 33 heavy (non-hydrogen) atoms. The molecule has 1 aromatic heterocycles. The van der Waals surface area contributed by atoms with E-state index in [2.05, 4.69) is 5.32 Å². The van der Waals surface area contributed by atoms with Crippen LogP contribution >= 0.6 is 11.6 Å². The quantitative estimate of drug-likeness (QED) is 0.611. The second kappa shape index (κ2) is 12.0. The van der Waals surface area contributed by atoms with E-state index < -0.39 is 5.97 Å². The Morgan fingerprint density at radius 3 is 2.85 bits per heavy atom. The largest absolute Gasteiger partial charge is 0.495 e. The summed E-state index contributed by atoms with van der Waals surface area (Å²) in [7, 11) is 1.52. The van der Waals surface area contributed by atoms with E-state index in [0.717, 1.165) is 24.2 Å². The highest BCUT2D eigenvalue weighted by molar-refractivity contribution is 6.32. The fraction of sp³-hybridized carbons (Fsp3) is 0.542. The van der Waals surface area contributed by atoms with Crippen molar-refractivity contribution >= 4 is 23.5 Å². The molecule has 9 heteroatoms. The lowest BCUT2D eigenvalue weighted by molar-refractivity contribution is 0.0435. The average Bonchev–Trinajstić information content (AvgIpc) is 3.13. The van der Waals surface area contributed by atoms with Gasteiger partial charge in [0.05, 0.1) is 41.3 Å². The number of hydrogen-bond acceptors (Lipinski definition) is 6. The van der Waals surface area contributed by atoms with Gasteiger partial charge in [-0.3, -0.25) is 9.48 Å². The van der Waals surface area contributed by atoms with Crippen molar-refractivity contribution in [3.63, 3.8) is 0 Å². The molecule has 8 nitrogen and oxygen atoms in total. The number of fused-ring (bicyclic) bond motifs is 1. The van der Waals surface area contributed by atoms with Gasteiger partial charge in [-0.15, -0.1) is 0 Å². The second-order valence-electron chi connectivity index (χ2n) is 8.18. The summed E-state index contributed by atoms with van der Waals surface area (Å²) in [5.74, 6) is -0.0311. The van der Waals surface area contributed by atoms with Gasteiger partial charge in [0.15, 0.2) is 0 Å². The molecule has 3 rings (SSSR count). The van der Waals surface area contributed by atoms with Crippen LogP contribution in [-0.4, -0.2) is 55.1 Å². The molecule has 0 bridgehead atoms. The fourth-order valence-electron chi connectivity index (χ4n) is 3.82. The zero-order valence-electron chi connectivity index (χ0n) is 19.5. The molecule has 2 aromatic rings. The Labute approximate surface area is 199 Å². The van der Waals surface area contributed by atoms with Crippen LogP contribution in [0.25, 0.3) is 0 Å². The number of carbonyl (C=O) groups is 2. The minimum absolute atomic E-state index is 0.00567. The molecule has 0 radical (unpaired) electrons. The van der Waals surface area contributed by atoms with E-state index in [9.17, 15) is 9.59 Å². The molecule has 180 valence electrons. The number of nitrogens with one attached hydrogen (secondary N) is 1. The number of amides is 1. The molecule has 0 aliphatic carbocycles. The molecule has 1 atom stereocenters. The standard InChI is InChI=1S/C24H32ClN3O5/c1-4-19-22-20(7-5-11-32-12-6-10-26-23(22)29)28(27-19)14-16(2)15-33-24(30)17-8-9-21(31-3)18(25)13-17/h8-9,13,16H,4-7,10-12,14-15H2,1-3H3,(H,26,29)/t16-/m1/s1. The van der Waals surface area contributed by atoms with Crippen LogP contribution in [0.5, 0.6) is 5.75 Å². The molecule has 1 aliphatic rings. The maximum Gasteiger partial charge on any atom is 0.338 e. The highest BCUT2D eigenvalue weighted by Gasteiger charge is 2.24. The summed E-state index contributed by atoms with van der Waals surface area (Å²) in [5, 5.41) is 8.07. The lowest BCUT2D eigenvalue weighted by atomic mass is 10.1. The number of hydrogen-bond donors (Lipinski definition) is 1. The number of methoxy groups -OCH3 is 1. The third-order valence-corrected chi connectivity index (χ3v) is 5.81. The van der Waals surface area contributed by atoms with E-state index in [1.54, 1.807) is 12.1 Å². The van der Waals surface area contributed by atoms with Crippen LogP contribution in [-0.2, 0) is 28.9 Å². The summed E-state index contributed by atoms with van der Waals surface area (Å²) in [5.41, 5.74) is 2.75. The van der Waals surface area contributed by atoms with Crippen LogP contribution in [0.2, 0.25) is 5.02 Å². The number of carbonyl (C=O) groups excluding carboxylic acids is 2. The molecular weight excluding hydrogens is 446 g/mol. The van der Waals surface area contributed by atoms with Gasteiger partial charge in [-0.25, -0.2) is 4.79 Å². The number of aryl methyl sites for hydroxylation is 1. The van der Waals surface area contributed by atoms with E-state index >= 15 is 0 Å². The molecule has 0 saturated heterocycles. The molecule has 0 spiro atoms. The highest BCUT2D eigenvalue weighted by Crippen LogP contribution is 2.25. The normalized spacial score (nSPS) is 15.7. The van der Waals surface area contributed by atoms with Crippen LogP contribution < -0.4 is 10.1 Å². The topological polar surface area (TPSA) is 91.7 Å². The molecule has 2 heterocycles. The van der Waals surface area contributed by atoms with Crippen LogP contribution in [0.1, 0.15) is 58.8 Å². The number of ether oxygens (including phenoxy) is 3. The van der Waals surface area contributed by atoms with Gasteiger partial charge < -0.3 is 19.5 Å². The fourth-order valence-corrected chi connectivity index (χ4v) is 4.07. The molecule has 0 saturated carbocycles. The Hall–Kier alpha value is -2.58. The molecular formula is C24H32ClN3O5. The maximum absolute atomic E-state index is 12.9. The van der Waals surface area contributed by atoms with Crippen molar-refractivity contribution in [3.05, 3.63) is 45.7 Å². The van der Waals surface area contributed by atoms with Crippen molar-refractivity contribution in [2.24, 2.45) is 5.92 Å². The minimum Gasteiger partial charge on any atom is -0.495 e. The zero-order valence-corrected chi connectivity index (χ0v) is 20.2. The minimum atomic E-state index is -0.447. The summed E-state index contributed by atoms with van der Waals surface area (Å²) in [6.07, 6.45) is 2.97. The SMILES string of the molecule is CCc1nn(C[C@@H](C)COC(=O)c2ccc(OC)c(Cl)c2)c2c1C(=O)NCCCOCCC2. The predicted molar refractivity (Wildman–Crippen MR) is 125 cm³/mol. The first-order valence-electron chi connectivity index (χ1n) is 11.4. The van der Waals surface area contributed by atoms with E-state index in [1.165, 1.54) is 13.2 Å². The molecule has 0 fully saturated rings. The summed E-state index contributed by atoms with van der Waals surface area (Å²) >= 11 is 6.11. The first kappa shape index (κ1) is 25.1. The van der Waals surface area contributed by atoms with Gasteiger partial charge in [0.25, 0.3) is 5.91 Å². The van der Waals surface area contributed by atoms with Crippen molar-refractivity contribution in [1.82, 2.24) is 15.1 Å². The average molecular weight is 478 g/mol. The summed E-state index contributed by atoms with van der Waals surface area (Å²) in [4.78, 5) is 25.3. The lowest BCUT2D eigenvalue weighted by Crippen LogP contribution is -2.27. The Morgan fingerprint density at radius 2 is 2.12 bits per heavy atom. The monoisotopic (exact) mass is 477 g/mol. The third-order valence-electron chi connectivity index (χ3n) is 5.52. The van der Waals surface area contributed by atoms with Gasteiger partial charge >= 0.3 is 5.97 Å². The second-order valence-corrected chi connectivity index (χ2v) is 8.59. The van der Waals surface area contributed by atoms with E-state index in [0.29, 0.717) is 61.0 Å². The van der Waals surface area contributed by atoms with Crippen molar-refractivity contribution in [2.75, 3.05) is 33.5 Å². The van der Waals surface area contributed by atoms with Crippen LogP contribution in [0.3, 0.4) is 0 Å². The van der Waals surface area contributed by atoms with Gasteiger partial charge in [0, 0.05) is 32.2 Å². The molecule has 1 N–H and O–H groups in total. The Balaban J connectivity index is 1.69.